The van der Waals surface area contributed by atoms with Crippen LogP contribution < -0.4 is 10.6 Å². The molecule has 2 rings (SSSR count). The predicted octanol–water partition coefficient (Wildman–Crippen LogP) is 1.80. The molecule has 2 aromatic rings. The van der Waals surface area contributed by atoms with Gasteiger partial charge in [-0.1, -0.05) is 12.1 Å². The van der Waals surface area contributed by atoms with Crippen molar-refractivity contribution >= 4 is 16.9 Å². The highest BCUT2D eigenvalue weighted by molar-refractivity contribution is 5.75. The smallest absolute Gasteiger partial charge is 0.147 e. The SMILES string of the molecule is CCN(CCCN)c1cnc2ccccc2n1. The highest BCUT2D eigenvalue weighted by atomic mass is 15.2. The summed E-state index contributed by atoms with van der Waals surface area (Å²) >= 11 is 0. The maximum atomic E-state index is 5.54. The third kappa shape index (κ3) is 2.71. The molecule has 4 heteroatoms. The third-order valence-electron chi connectivity index (χ3n) is 2.77. The molecule has 0 saturated heterocycles. The van der Waals surface area contributed by atoms with Crippen LogP contribution >= 0.6 is 0 Å². The lowest BCUT2D eigenvalue weighted by atomic mass is 10.3. The minimum Gasteiger partial charge on any atom is -0.356 e. The molecule has 0 atom stereocenters. The molecule has 1 aromatic heterocycles. The molecule has 1 aromatic carbocycles. The lowest BCUT2D eigenvalue weighted by Gasteiger charge is -2.21. The van der Waals surface area contributed by atoms with Crippen LogP contribution in [0.4, 0.5) is 5.82 Å². The number of para-hydroxylation sites is 2. The first kappa shape index (κ1) is 11.8. The van der Waals surface area contributed by atoms with E-state index >= 15 is 0 Å². The van der Waals surface area contributed by atoms with Crippen molar-refractivity contribution in [3.63, 3.8) is 0 Å². The van der Waals surface area contributed by atoms with Gasteiger partial charge in [0.2, 0.25) is 0 Å². The summed E-state index contributed by atoms with van der Waals surface area (Å²) < 4.78 is 0. The molecule has 0 amide bonds. The lowest BCUT2D eigenvalue weighted by Crippen LogP contribution is -2.26. The second-order valence-corrected chi connectivity index (χ2v) is 3.94. The van der Waals surface area contributed by atoms with E-state index in [9.17, 15) is 0 Å². The van der Waals surface area contributed by atoms with E-state index in [1.54, 1.807) is 0 Å². The number of benzene rings is 1. The first-order valence-corrected chi connectivity index (χ1v) is 6.02. The highest BCUT2D eigenvalue weighted by Gasteiger charge is 2.06. The average Bonchev–Trinajstić information content (AvgIpc) is 2.39. The number of rotatable bonds is 5. The molecule has 0 saturated carbocycles. The van der Waals surface area contributed by atoms with Crippen LogP contribution in [0.25, 0.3) is 11.0 Å². The van der Waals surface area contributed by atoms with E-state index in [2.05, 4.69) is 21.8 Å². The van der Waals surface area contributed by atoms with Crippen molar-refractivity contribution < 1.29 is 0 Å². The fourth-order valence-electron chi connectivity index (χ4n) is 1.82. The van der Waals surface area contributed by atoms with E-state index in [0.29, 0.717) is 6.54 Å². The van der Waals surface area contributed by atoms with Gasteiger partial charge >= 0.3 is 0 Å². The standard InChI is InChI=1S/C13H18N4/c1-2-17(9-5-8-14)13-10-15-11-6-3-4-7-12(11)16-13/h3-4,6-7,10H,2,5,8-9,14H2,1H3. The molecule has 0 fully saturated rings. The topological polar surface area (TPSA) is 55.0 Å². The van der Waals surface area contributed by atoms with Crippen molar-refractivity contribution in [3.8, 4) is 0 Å². The predicted molar refractivity (Wildman–Crippen MR) is 71.1 cm³/mol. The molecule has 0 radical (unpaired) electrons. The molecular weight excluding hydrogens is 212 g/mol. The van der Waals surface area contributed by atoms with E-state index in [1.807, 2.05) is 30.5 Å². The van der Waals surface area contributed by atoms with Gasteiger partial charge in [0, 0.05) is 13.1 Å². The van der Waals surface area contributed by atoms with Gasteiger partial charge in [-0.15, -0.1) is 0 Å². The van der Waals surface area contributed by atoms with Crippen molar-refractivity contribution in [1.82, 2.24) is 9.97 Å². The Labute approximate surface area is 101 Å². The summed E-state index contributed by atoms with van der Waals surface area (Å²) in [5.74, 6) is 0.930. The minimum absolute atomic E-state index is 0.706. The van der Waals surface area contributed by atoms with Crippen LogP contribution in [-0.4, -0.2) is 29.6 Å². The molecule has 17 heavy (non-hydrogen) atoms. The van der Waals surface area contributed by atoms with Gasteiger partial charge in [0.15, 0.2) is 0 Å². The number of aromatic nitrogens is 2. The van der Waals surface area contributed by atoms with Gasteiger partial charge in [-0.25, -0.2) is 4.98 Å². The van der Waals surface area contributed by atoms with E-state index in [0.717, 1.165) is 36.4 Å². The number of hydrogen-bond acceptors (Lipinski definition) is 4. The van der Waals surface area contributed by atoms with Crippen molar-refractivity contribution in [2.45, 2.75) is 13.3 Å². The molecule has 1 heterocycles. The summed E-state index contributed by atoms with van der Waals surface area (Å²) in [6, 6.07) is 7.92. The summed E-state index contributed by atoms with van der Waals surface area (Å²) in [5.41, 5.74) is 7.41. The molecule has 0 aliphatic rings. The average molecular weight is 230 g/mol. The second-order valence-electron chi connectivity index (χ2n) is 3.94. The Morgan fingerprint density at radius 3 is 2.71 bits per heavy atom. The molecule has 90 valence electrons. The van der Waals surface area contributed by atoms with E-state index in [-0.39, 0.29) is 0 Å². The van der Waals surface area contributed by atoms with Crippen molar-refractivity contribution in [2.24, 2.45) is 5.73 Å². The van der Waals surface area contributed by atoms with Crippen LogP contribution in [0, 0.1) is 0 Å². The molecule has 0 bridgehead atoms. The molecule has 0 aliphatic carbocycles. The minimum atomic E-state index is 0.706. The fraction of sp³-hybridized carbons (Fsp3) is 0.385. The van der Waals surface area contributed by atoms with Crippen molar-refractivity contribution in [1.29, 1.82) is 0 Å². The number of fused-ring (bicyclic) bond motifs is 1. The largest absolute Gasteiger partial charge is 0.356 e. The van der Waals surface area contributed by atoms with Gasteiger partial charge in [0.05, 0.1) is 17.2 Å². The maximum absolute atomic E-state index is 5.54. The van der Waals surface area contributed by atoms with Gasteiger partial charge in [-0.2, -0.15) is 0 Å². The molecule has 0 aliphatic heterocycles. The van der Waals surface area contributed by atoms with E-state index in [4.69, 9.17) is 5.73 Å². The summed E-state index contributed by atoms with van der Waals surface area (Å²) in [6.07, 6.45) is 2.81. The molecule has 2 N–H and O–H groups in total. The van der Waals surface area contributed by atoms with Crippen LogP contribution in [0.5, 0.6) is 0 Å². The van der Waals surface area contributed by atoms with Gasteiger partial charge in [-0.3, -0.25) is 4.98 Å². The quantitative estimate of drug-likeness (QED) is 0.851. The first-order chi connectivity index (χ1) is 8.35. The van der Waals surface area contributed by atoms with Crippen LogP contribution in [-0.2, 0) is 0 Å². The molecule has 4 nitrogen and oxygen atoms in total. The summed E-state index contributed by atoms with van der Waals surface area (Å²) in [4.78, 5) is 11.2. The van der Waals surface area contributed by atoms with E-state index in [1.165, 1.54) is 0 Å². The Hall–Kier alpha value is -1.68. The van der Waals surface area contributed by atoms with Gasteiger partial charge < -0.3 is 10.6 Å². The Kier molecular flexibility index (Phi) is 3.88. The first-order valence-electron chi connectivity index (χ1n) is 6.02. The molecule has 0 spiro atoms. The Morgan fingerprint density at radius 1 is 1.24 bits per heavy atom. The zero-order valence-corrected chi connectivity index (χ0v) is 10.1. The van der Waals surface area contributed by atoms with Crippen molar-refractivity contribution in [3.05, 3.63) is 30.5 Å². The monoisotopic (exact) mass is 230 g/mol. The zero-order chi connectivity index (χ0) is 12.1. The summed E-state index contributed by atoms with van der Waals surface area (Å²) in [5, 5.41) is 0. The van der Waals surface area contributed by atoms with Crippen LogP contribution in [0.3, 0.4) is 0 Å². The number of nitrogens with two attached hydrogens (primary N) is 1. The Bertz CT molecular complexity index is 484. The number of anilines is 1. The Morgan fingerprint density at radius 2 is 2.00 bits per heavy atom. The molecule has 0 unspecified atom stereocenters. The van der Waals surface area contributed by atoms with Gasteiger partial charge in [0.1, 0.15) is 5.82 Å². The Balaban J connectivity index is 2.27. The summed E-state index contributed by atoms with van der Waals surface area (Å²) in [7, 11) is 0. The van der Waals surface area contributed by atoms with Crippen LogP contribution in [0.15, 0.2) is 30.5 Å². The van der Waals surface area contributed by atoms with Crippen LogP contribution in [0.1, 0.15) is 13.3 Å². The van der Waals surface area contributed by atoms with Crippen LogP contribution in [0.2, 0.25) is 0 Å². The number of hydrogen-bond donors (Lipinski definition) is 1. The van der Waals surface area contributed by atoms with E-state index < -0.39 is 0 Å². The molecular formula is C13H18N4. The zero-order valence-electron chi connectivity index (χ0n) is 10.1. The van der Waals surface area contributed by atoms with Gasteiger partial charge in [0.25, 0.3) is 0 Å². The number of nitrogens with zero attached hydrogens (tertiary/aromatic N) is 3. The van der Waals surface area contributed by atoms with Crippen molar-refractivity contribution in [2.75, 3.05) is 24.5 Å². The highest BCUT2D eigenvalue weighted by Crippen LogP contribution is 2.15. The third-order valence-corrected chi connectivity index (χ3v) is 2.77. The second kappa shape index (κ2) is 5.59. The van der Waals surface area contributed by atoms with Gasteiger partial charge in [-0.05, 0) is 32.0 Å². The summed E-state index contributed by atoms with van der Waals surface area (Å²) in [6.45, 7) is 4.68. The lowest BCUT2D eigenvalue weighted by molar-refractivity contribution is 0.745. The fourth-order valence-corrected chi connectivity index (χ4v) is 1.82. The maximum Gasteiger partial charge on any atom is 0.147 e. The normalized spacial score (nSPS) is 10.7.